The molecule has 1 rings (SSSR count). The Morgan fingerprint density at radius 2 is 2.24 bits per heavy atom. The van der Waals surface area contributed by atoms with Crippen LogP contribution in [0.4, 0.5) is 5.69 Å². The average molecular weight is 323 g/mol. The van der Waals surface area contributed by atoms with Crippen LogP contribution in [0.25, 0.3) is 0 Å². The number of nitrogens with zero attached hydrogens (tertiary/aromatic N) is 1. The van der Waals surface area contributed by atoms with Gasteiger partial charge in [0.1, 0.15) is 5.78 Å². The van der Waals surface area contributed by atoms with Crippen LogP contribution in [0.3, 0.4) is 0 Å². The third-order valence-electron chi connectivity index (χ3n) is 1.89. The van der Waals surface area contributed by atoms with Crippen LogP contribution >= 0.6 is 27.5 Å². The Hall–Kier alpha value is -1.14. The summed E-state index contributed by atoms with van der Waals surface area (Å²) in [5.74, 6) is 0.0402. The van der Waals surface area contributed by atoms with Crippen LogP contribution in [-0.4, -0.2) is 17.3 Å². The quantitative estimate of drug-likeness (QED) is 0.615. The maximum absolute atomic E-state index is 10.8. The van der Waals surface area contributed by atoms with Crippen molar-refractivity contribution in [3.05, 3.63) is 31.7 Å². The number of hydrogen-bond donors (Lipinski definition) is 0. The van der Waals surface area contributed by atoms with Crippen LogP contribution in [0.5, 0.6) is 5.75 Å². The van der Waals surface area contributed by atoms with Crippen molar-refractivity contribution in [1.29, 1.82) is 0 Å². The summed E-state index contributed by atoms with van der Waals surface area (Å²) in [6, 6.07) is 2.70. The van der Waals surface area contributed by atoms with Crippen molar-refractivity contribution in [2.24, 2.45) is 0 Å². The summed E-state index contributed by atoms with van der Waals surface area (Å²) in [6.45, 7) is 1.52. The molecule has 0 spiro atoms. The Balaban J connectivity index is 2.96. The zero-order valence-corrected chi connectivity index (χ0v) is 11.2. The molecular formula is C10H9BrClNO4. The van der Waals surface area contributed by atoms with Gasteiger partial charge < -0.3 is 4.74 Å². The van der Waals surface area contributed by atoms with Gasteiger partial charge in [0.25, 0.3) is 0 Å². The fraction of sp³-hybridized carbons (Fsp3) is 0.300. The van der Waals surface area contributed by atoms with Gasteiger partial charge in [0.05, 0.1) is 16.0 Å². The molecule has 0 aliphatic carbocycles. The Morgan fingerprint density at radius 3 is 2.76 bits per heavy atom. The van der Waals surface area contributed by atoms with Crippen molar-refractivity contribution in [2.75, 3.05) is 6.61 Å². The summed E-state index contributed by atoms with van der Waals surface area (Å²) < 4.78 is 5.62. The maximum atomic E-state index is 10.8. The van der Waals surface area contributed by atoms with Gasteiger partial charge >= 0.3 is 5.69 Å². The van der Waals surface area contributed by atoms with E-state index in [4.69, 9.17) is 16.3 Å². The largest absolute Gasteiger partial charge is 0.486 e. The first-order chi connectivity index (χ1) is 7.91. The summed E-state index contributed by atoms with van der Waals surface area (Å²) >= 11 is 8.84. The van der Waals surface area contributed by atoms with Gasteiger partial charge in [-0.2, -0.15) is 0 Å². The lowest BCUT2D eigenvalue weighted by Crippen LogP contribution is -2.05. The molecule has 0 N–H and O–H groups in total. The zero-order valence-electron chi connectivity index (χ0n) is 8.91. The lowest BCUT2D eigenvalue weighted by atomic mass is 10.3. The summed E-state index contributed by atoms with van der Waals surface area (Å²) in [5, 5.41) is 11.0. The summed E-state index contributed by atoms with van der Waals surface area (Å²) in [5.41, 5.74) is -0.229. The molecule has 92 valence electrons. The molecule has 0 saturated carbocycles. The Bertz CT molecular complexity index is 464. The van der Waals surface area contributed by atoms with Crippen molar-refractivity contribution in [3.8, 4) is 5.75 Å². The van der Waals surface area contributed by atoms with E-state index in [1.165, 1.54) is 19.1 Å². The number of Topliss-reactive ketones (excluding diaryl/α,β-unsaturated/α-hetero) is 1. The van der Waals surface area contributed by atoms with E-state index >= 15 is 0 Å². The van der Waals surface area contributed by atoms with Crippen LogP contribution in [0, 0.1) is 10.1 Å². The summed E-state index contributed by atoms with van der Waals surface area (Å²) in [6.07, 6.45) is 0.201. The predicted octanol–water partition coefficient (Wildman–Crippen LogP) is 3.37. The molecule has 1 aromatic carbocycles. The second kappa shape index (κ2) is 5.97. The molecule has 7 heteroatoms. The Labute approximate surface area is 111 Å². The number of halogens is 2. The fourth-order valence-electron chi connectivity index (χ4n) is 1.12. The number of carbonyl (C=O) groups is 1. The topological polar surface area (TPSA) is 69.4 Å². The fourth-order valence-corrected chi connectivity index (χ4v) is 2.03. The van der Waals surface area contributed by atoms with Crippen molar-refractivity contribution in [2.45, 2.75) is 13.3 Å². The number of nitro benzene ring substituents is 1. The van der Waals surface area contributed by atoms with E-state index in [2.05, 4.69) is 15.9 Å². The first kappa shape index (κ1) is 13.9. The molecule has 0 aliphatic heterocycles. The van der Waals surface area contributed by atoms with Crippen molar-refractivity contribution in [1.82, 2.24) is 0 Å². The van der Waals surface area contributed by atoms with Gasteiger partial charge in [-0.25, -0.2) is 0 Å². The van der Waals surface area contributed by atoms with Gasteiger partial charge in [0.15, 0.2) is 0 Å². The summed E-state index contributed by atoms with van der Waals surface area (Å²) in [4.78, 5) is 21.0. The molecular weight excluding hydrogens is 313 g/mol. The molecule has 17 heavy (non-hydrogen) atoms. The second-order valence-corrected chi connectivity index (χ2v) is 4.58. The number of carbonyl (C=O) groups excluding carboxylic acids is 1. The standard InChI is InChI=1S/C10H9BrClNO4/c1-6(14)2-3-17-10-8(11)4-7(12)5-9(10)13(15)16/h4-5H,2-3H2,1H3. The van der Waals surface area contributed by atoms with E-state index in [1.807, 2.05) is 0 Å². The normalized spacial score (nSPS) is 10.1. The third-order valence-corrected chi connectivity index (χ3v) is 2.69. The molecule has 0 heterocycles. The van der Waals surface area contributed by atoms with E-state index in [-0.39, 0.29) is 35.3 Å². The summed E-state index contributed by atoms with van der Waals surface area (Å²) in [7, 11) is 0. The highest BCUT2D eigenvalue weighted by atomic mass is 79.9. The molecule has 0 atom stereocenters. The van der Waals surface area contributed by atoms with E-state index in [0.717, 1.165) is 0 Å². The Kier molecular flexibility index (Phi) is 4.89. The van der Waals surface area contributed by atoms with E-state index < -0.39 is 4.92 Å². The van der Waals surface area contributed by atoms with Crippen LogP contribution in [0.2, 0.25) is 5.02 Å². The van der Waals surface area contributed by atoms with E-state index in [1.54, 1.807) is 0 Å². The SMILES string of the molecule is CC(=O)CCOc1c(Br)cc(Cl)cc1[N+](=O)[O-]. The molecule has 0 radical (unpaired) electrons. The number of rotatable bonds is 5. The highest BCUT2D eigenvalue weighted by Crippen LogP contribution is 2.37. The number of ketones is 1. The van der Waals surface area contributed by atoms with Crippen LogP contribution < -0.4 is 4.74 Å². The van der Waals surface area contributed by atoms with Crippen LogP contribution in [0.15, 0.2) is 16.6 Å². The lowest BCUT2D eigenvalue weighted by Gasteiger charge is -2.08. The molecule has 0 saturated heterocycles. The molecule has 0 unspecified atom stereocenters. The molecule has 0 aromatic heterocycles. The average Bonchev–Trinajstić information content (AvgIpc) is 2.19. The van der Waals surface area contributed by atoms with Gasteiger partial charge in [-0.15, -0.1) is 0 Å². The Morgan fingerprint density at radius 1 is 1.59 bits per heavy atom. The number of benzene rings is 1. The molecule has 0 fully saturated rings. The van der Waals surface area contributed by atoms with Crippen molar-refractivity contribution >= 4 is 39.0 Å². The van der Waals surface area contributed by atoms with Gasteiger partial charge in [-0.05, 0) is 28.9 Å². The van der Waals surface area contributed by atoms with E-state index in [0.29, 0.717) is 4.47 Å². The second-order valence-electron chi connectivity index (χ2n) is 3.29. The minimum absolute atomic E-state index is 0.0438. The van der Waals surface area contributed by atoms with Crippen LogP contribution in [0.1, 0.15) is 13.3 Å². The smallest absolute Gasteiger partial charge is 0.313 e. The molecule has 0 bridgehead atoms. The van der Waals surface area contributed by atoms with Gasteiger partial charge in [0.2, 0.25) is 5.75 Å². The highest BCUT2D eigenvalue weighted by molar-refractivity contribution is 9.10. The van der Waals surface area contributed by atoms with Crippen molar-refractivity contribution in [3.63, 3.8) is 0 Å². The van der Waals surface area contributed by atoms with Crippen LogP contribution in [-0.2, 0) is 4.79 Å². The minimum atomic E-state index is -0.584. The molecule has 0 amide bonds. The number of ether oxygens (including phenoxy) is 1. The lowest BCUT2D eigenvalue weighted by molar-refractivity contribution is -0.385. The number of hydrogen-bond acceptors (Lipinski definition) is 4. The van der Waals surface area contributed by atoms with Gasteiger partial charge in [0, 0.05) is 17.5 Å². The first-order valence-electron chi connectivity index (χ1n) is 4.67. The minimum Gasteiger partial charge on any atom is -0.486 e. The maximum Gasteiger partial charge on any atom is 0.313 e. The predicted molar refractivity (Wildman–Crippen MR) is 66.6 cm³/mol. The zero-order chi connectivity index (χ0) is 13.0. The molecule has 5 nitrogen and oxygen atoms in total. The monoisotopic (exact) mass is 321 g/mol. The third kappa shape index (κ3) is 3.98. The van der Waals surface area contributed by atoms with Crippen molar-refractivity contribution < 1.29 is 14.5 Å². The molecule has 1 aromatic rings. The highest BCUT2D eigenvalue weighted by Gasteiger charge is 2.19. The van der Waals surface area contributed by atoms with Gasteiger partial charge in [-0.3, -0.25) is 14.9 Å². The van der Waals surface area contributed by atoms with Gasteiger partial charge in [-0.1, -0.05) is 11.6 Å². The van der Waals surface area contributed by atoms with E-state index in [9.17, 15) is 14.9 Å². The first-order valence-corrected chi connectivity index (χ1v) is 5.84. The number of nitro groups is 1. The molecule has 0 aliphatic rings.